The summed E-state index contributed by atoms with van der Waals surface area (Å²) in [4.78, 5) is 42.7. The van der Waals surface area contributed by atoms with Crippen LogP contribution >= 0.6 is 0 Å². The molecule has 2 N–H and O–H groups in total. The van der Waals surface area contributed by atoms with Crippen molar-refractivity contribution in [3.05, 3.63) is 125 Å². The van der Waals surface area contributed by atoms with Gasteiger partial charge in [-0.3, -0.25) is 14.4 Å². The predicted molar refractivity (Wildman–Crippen MR) is 170 cm³/mol. The van der Waals surface area contributed by atoms with E-state index in [9.17, 15) is 24.6 Å². The molecule has 0 heterocycles. The van der Waals surface area contributed by atoms with E-state index in [0.717, 1.165) is 16.9 Å². The van der Waals surface area contributed by atoms with Gasteiger partial charge in [-0.2, -0.15) is 0 Å². The van der Waals surface area contributed by atoms with Crippen LogP contribution in [0.4, 0.5) is 0 Å². The summed E-state index contributed by atoms with van der Waals surface area (Å²) in [5.41, 5.74) is 3.78. The average Bonchev–Trinajstić information content (AvgIpc) is 3.05. The monoisotopic (exact) mass is 594 g/mol. The van der Waals surface area contributed by atoms with Gasteiger partial charge in [0.05, 0.1) is 19.6 Å². The van der Waals surface area contributed by atoms with Gasteiger partial charge in [0.1, 0.15) is 5.75 Å². The smallest absolute Gasteiger partial charge is 0.305 e. The number of hydrogen-bond donors (Lipinski definition) is 2. The van der Waals surface area contributed by atoms with Gasteiger partial charge in [-0.25, -0.2) is 0 Å². The molecule has 0 aliphatic rings. The van der Waals surface area contributed by atoms with Crippen LogP contribution in [0.3, 0.4) is 0 Å². The Balaban J connectivity index is 1.67. The number of carbonyl (C=O) groups is 3. The second kappa shape index (κ2) is 16.0. The third-order valence-electron chi connectivity index (χ3n) is 7.28. The molecule has 4 rings (SSSR count). The lowest BCUT2D eigenvalue weighted by Gasteiger charge is -2.25. The maximum atomic E-state index is 14.1. The summed E-state index contributed by atoms with van der Waals surface area (Å²) in [5, 5.41) is 19.2. The fraction of sp³-hybridized carbons (Fsp3) is 0.250. The van der Waals surface area contributed by atoms with Gasteiger partial charge in [0.2, 0.25) is 0 Å². The fourth-order valence-corrected chi connectivity index (χ4v) is 5.13. The van der Waals surface area contributed by atoms with E-state index >= 15 is 0 Å². The van der Waals surface area contributed by atoms with Crippen LogP contribution < -0.4 is 4.74 Å². The van der Waals surface area contributed by atoms with Crippen molar-refractivity contribution in [2.45, 2.75) is 26.3 Å². The molecular formula is C36H38N2O6. The quantitative estimate of drug-likeness (QED) is 0.187. The first-order chi connectivity index (χ1) is 21.4. The summed E-state index contributed by atoms with van der Waals surface area (Å²) in [7, 11) is 0. The molecule has 0 bridgehead atoms. The molecule has 8 heteroatoms. The zero-order chi connectivity index (χ0) is 31.3. The number of hydrogen-bond acceptors (Lipinski definition) is 5. The summed E-state index contributed by atoms with van der Waals surface area (Å²) >= 11 is 0. The van der Waals surface area contributed by atoms with Crippen LogP contribution in [0, 0.1) is 0 Å². The van der Waals surface area contributed by atoms with E-state index in [4.69, 9.17) is 4.74 Å². The number of carboxylic acids is 1. The molecule has 0 aliphatic heterocycles. The minimum absolute atomic E-state index is 0.0290. The van der Waals surface area contributed by atoms with Crippen molar-refractivity contribution < 1.29 is 29.3 Å². The maximum absolute atomic E-state index is 14.1. The lowest BCUT2D eigenvalue weighted by Crippen LogP contribution is -2.35. The molecule has 4 aromatic rings. The molecule has 0 spiro atoms. The first-order valence-electron chi connectivity index (χ1n) is 14.8. The molecule has 0 unspecified atom stereocenters. The lowest BCUT2D eigenvalue weighted by atomic mass is 9.93. The zero-order valence-corrected chi connectivity index (χ0v) is 24.9. The number of carboxylic acid groups (broad SMARTS) is 1. The number of ether oxygens (including phenoxy) is 1. The molecule has 228 valence electrons. The number of rotatable bonds is 15. The maximum Gasteiger partial charge on any atom is 0.305 e. The fourth-order valence-electron chi connectivity index (χ4n) is 5.13. The van der Waals surface area contributed by atoms with Crippen molar-refractivity contribution in [3.63, 3.8) is 0 Å². The van der Waals surface area contributed by atoms with Crippen molar-refractivity contribution in [3.8, 4) is 16.9 Å². The van der Waals surface area contributed by atoms with Gasteiger partial charge < -0.3 is 24.7 Å². The van der Waals surface area contributed by atoms with Gasteiger partial charge in [0, 0.05) is 37.3 Å². The summed E-state index contributed by atoms with van der Waals surface area (Å²) in [6.07, 6.45) is 0.278. The first kappa shape index (κ1) is 32.0. The third kappa shape index (κ3) is 8.33. The number of nitrogens with zero attached hydrogens (tertiary/aromatic N) is 2. The molecule has 0 saturated heterocycles. The van der Waals surface area contributed by atoms with Gasteiger partial charge in [0.15, 0.2) is 0 Å². The Morgan fingerprint density at radius 3 is 1.86 bits per heavy atom. The number of benzene rings is 4. The molecule has 44 heavy (non-hydrogen) atoms. The third-order valence-corrected chi connectivity index (χ3v) is 7.28. The molecule has 0 aromatic heterocycles. The number of amides is 2. The number of aliphatic hydroxyl groups is 1. The molecule has 8 nitrogen and oxygen atoms in total. The van der Waals surface area contributed by atoms with E-state index in [1.807, 2.05) is 73.7 Å². The first-order valence-corrected chi connectivity index (χ1v) is 14.8. The van der Waals surface area contributed by atoms with Gasteiger partial charge in [0.25, 0.3) is 11.8 Å². The van der Waals surface area contributed by atoms with Crippen LogP contribution in [0.25, 0.3) is 11.1 Å². The predicted octanol–water partition coefficient (Wildman–Crippen LogP) is 5.55. The summed E-state index contributed by atoms with van der Waals surface area (Å²) in [6.45, 7) is 3.00. The second-order valence-corrected chi connectivity index (χ2v) is 10.3. The minimum atomic E-state index is -0.996. The topological polar surface area (TPSA) is 107 Å². The van der Waals surface area contributed by atoms with E-state index in [1.54, 1.807) is 46.2 Å². The van der Waals surface area contributed by atoms with Crippen molar-refractivity contribution in [2.75, 3.05) is 32.8 Å². The standard InChI is InChI=1S/C36H38N2O6/c1-2-44-33-19-11-6-14-28(33)20-22-37(23-21-34(40)41)35(42)31-17-9-7-15-29(31)30-16-8-10-18-32(30)36(43)38(24-25-39)26-27-12-4-3-5-13-27/h3-19,39H,2,20-26H2,1H3,(H,40,41). The Kier molecular flexibility index (Phi) is 11.7. The number of para-hydroxylation sites is 1. The van der Waals surface area contributed by atoms with E-state index in [0.29, 0.717) is 41.8 Å². The Morgan fingerprint density at radius 2 is 1.25 bits per heavy atom. The van der Waals surface area contributed by atoms with Crippen LogP contribution in [0.2, 0.25) is 0 Å². The highest BCUT2D eigenvalue weighted by molar-refractivity contribution is 6.06. The molecule has 0 aliphatic carbocycles. The number of aliphatic carboxylic acids is 1. The Morgan fingerprint density at radius 1 is 0.682 bits per heavy atom. The zero-order valence-electron chi connectivity index (χ0n) is 24.9. The molecule has 2 amide bonds. The molecule has 4 aromatic carbocycles. The van der Waals surface area contributed by atoms with Crippen molar-refractivity contribution in [1.29, 1.82) is 0 Å². The van der Waals surface area contributed by atoms with Gasteiger partial charge >= 0.3 is 5.97 Å². The Bertz CT molecular complexity index is 1560. The molecule has 0 fully saturated rings. The summed E-state index contributed by atoms with van der Waals surface area (Å²) < 4.78 is 5.75. The van der Waals surface area contributed by atoms with Gasteiger partial charge in [-0.05, 0) is 53.8 Å². The number of carbonyl (C=O) groups excluding carboxylic acids is 2. The van der Waals surface area contributed by atoms with Crippen molar-refractivity contribution in [2.24, 2.45) is 0 Å². The molecule has 0 saturated carbocycles. The normalized spacial score (nSPS) is 10.7. The van der Waals surface area contributed by atoms with Crippen LogP contribution in [0.1, 0.15) is 45.2 Å². The largest absolute Gasteiger partial charge is 0.494 e. The van der Waals surface area contributed by atoms with Crippen LogP contribution in [-0.2, 0) is 17.8 Å². The number of aliphatic hydroxyl groups excluding tert-OH is 1. The van der Waals surface area contributed by atoms with Crippen molar-refractivity contribution >= 4 is 17.8 Å². The van der Waals surface area contributed by atoms with E-state index in [2.05, 4.69) is 0 Å². The molecular weight excluding hydrogens is 556 g/mol. The average molecular weight is 595 g/mol. The van der Waals surface area contributed by atoms with Gasteiger partial charge in [-0.15, -0.1) is 0 Å². The van der Waals surface area contributed by atoms with Crippen molar-refractivity contribution in [1.82, 2.24) is 9.80 Å². The minimum Gasteiger partial charge on any atom is -0.494 e. The molecule has 0 atom stereocenters. The Labute approximate surface area is 258 Å². The highest BCUT2D eigenvalue weighted by atomic mass is 16.5. The van der Waals surface area contributed by atoms with Crippen LogP contribution in [0.15, 0.2) is 103 Å². The molecule has 0 radical (unpaired) electrons. The van der Waals surface area contributed by atoms with Gasteiger partial charge in [-0.1, -0.05) is 84.9 Å². The lowest BCUT2D eigenvalue weighted by molar-refractivity contribution is -0.137. The van der Waals surface area contributed by atoms with E-state index in [1.165, 1.54) is 0 Å². The van der Waals surface area contributed by atoms with E-state index in [-0.39, 0.29) is 44.5 Å². The van der Waals surface area contributed by atoms with Crippen LogP contribution in [-0.4, -0.2) is 70.6 Å². The highest BCUT2D eigenvalue weighted by Gasteiger charge is 2.25. The summed E-state index contributed by atoms with van der Waals surface area (Å²) in [5.74, 6) is -0.856. The van der Waals surface area contributed by atoms with E-state index < -0.39 is 5.97 Å². The highest BCUT2D eigenvalue weighted by Crippen LogP contribution is 2.30. The van der Waals surface area contributed by atoms with Crippen LogP contribution in [0.5, 0.6) is 5.75 Å². The summed E-state index contributed by atoms with van der Waals surface area (Å²) in [6, 6.07) is 31.4. The Hall–Kier alpha value is -4.95. The SMILES string of the molecule is CCOc1ccccc1CCN(CCC(=O)O)C(=O)c1ccccc1-c1ccccc1C(=O)N(CCO)Cc1ccccc1. The second-order valence-electron chi connectivity index (χ2n) is 10.3.